The molecule has 3 saturated heterocycles. The number of halogens is 6. The minimum Gasteiger partial charge on any atom is -0.461 e. The van der Waals surface area contributed by atoms with Crippen LogP contribution in [-0.4, -0.2) is 86.3 Å². The lowest BCUT2D eigenvalue weighted by Crippen LogP contribution is -2.43. The van der Waals surface area contributed by atoms with Gasteiger partial charge in [-0.3, -0.25) is 9.88 Å². The highest BCUT2D eigenvalue weighted by molar-refractivity contribution is 7.88. The van der Waals surface area contributed by atoms with Crippen molar-refractivity contribution in [2.75, 3.05) is 37.7 Å². The molecule has 5 heterocycles. The number of hydrogen-bond acceptors (Lipinski definition) is 9. The zero-order valence-corrected chi connectivity index (χ0v) is 35.8. The van der Waals surface area contributed by atoms with Gasteiger partial charge in [0.25, 0.3) is 0 Å². The number of hydrogen-bond donors (Lipinski definition) is 0. The Balaban J connectivity index is 1.46. The largest absolute Gasteiger partial charge is 0.534 e. The maximum atomic E-state index is 17.5. The average molecular weight is 862 g/mol. The van der Waals surface area contributed by atoms with Crippen LogP contribution in [0.25, 0.3) is 32.9 Å². The van der Waals surface area contributed by atoms with Crippen molar-refractivity contribution in [3.05, 3.63) is 47.7 Å². The van der Waals surface area contributed by atoms with Gasteiger partial charge in [0.05, 0.1) is 16.5 Å². The topological polar surface area (TPSA) is 97.8 Å². The van der Waals surface area contributed by atoms with Gasteiger partial charge in [0.15, 0.2) is 5.82 Å². The molecule has 0 aliphatic carbocycles. The Morgan fingerprint density at radius 3 is 2.32 bits per heavy atom. The molecule has 0 amide bonds. The molecule has 3 fully saturated rings. The molecule has 3 aliphatic rings. The van der Waals surface area contributed by atoms with Gasteiger partial charge < -0.3 is 13.8 Å². The van der Waals surface area contributed by atoms with Crippen LogP contribution in [0.5, 0.6) is 11.8 Å². The summed E-state index contributed by atoms with van der Waals surface area (Å²) in [5.41, 5.74) is -3.47. The Morgan fingerprint density at radius 2 is 1.66 bits per heavy atom. The smallest absolute Gasteiger partial charge is 0.461 e. The summed E-state index contributed by atoms with van der Waals surface area (Å²) in [5.74, 6) is 0.860. The van der Waals surface area contributed by atoms with E-state index in [0.29, 0.717) is 25.5 Å². The predicted octanol–water partition coefficient (Wildman–Crippen LogP) is 9.87. The van der Waals surface area contributed by atoms with E-state index >= 15 is 8.78 Å². The molecule has 4 aromatic rings. The lowest BCUT2D eigenvalue weighted by Gasteiger charge is -2.38. The summed E-state index contributed by atoms with van der Waals surface area (Å²) < 4.78 is 124. The summed E-state index contributed by atoms with van der Waals surface area (Å²) in [5, 5.41) is 0.273. The highest BCUT2D eigenvalue weighted by Crippen LogP contribution is 2.44. The summed E-state index contributed by atoms with van der Waals surface area (Å²) in [6.07, 6.45) is 4.92. The number of pyridine rings is 1. The van der Waals surface area contributed by atoms with Crippen molar-refractivity contribution in [3.63, 3.8) is 0 Å². The molecule has 59 heavy (non-hydrogen) atoms. The Hall–Kier alpha value is -4.14. The van der Waals surface area contributed by atoms with Crippen molar-refractivity contribution < 1.29 is 43.7 Å². The molecule has 0 unspecified atom stereocenters. The van der Waals surface area contributed by atoms with Crippen LogP contribution >= 0.6 is 0 Å². The van der Waals surface area contributed by atoms with E-state index in [0.717, 1.165) is 56.8 Å². The Morgan fingerprint density at radius 1 is 0.966 bits per heavy atom. The zero-order chi connectivity index (χ0) is 42.7. The first-order valence-corrected chi connectivity index (χ1v) is 23.9. The van der Waals surface area contributed by atoms with E-state index in [1.807, 2.05) is 4.90 Å². The van der Waals surface area contributed by atoms with Crippen LogP contribution in [0, 0.1) is 23.1 Å². The van der Waals surface area contributed by atoms with Crippen LogP contribution in [0.3, 0.4) is 0 Å². The van der Waals surface area contributed by atoms with Crippen LogP contribution in [0.1, 0.15) is 85.6 Å². The highest BCUT2D eigenvalue weighted by Gasteiger charge is 2.50. The molecule has 9 nitrogen and oxygen atoms in total. The van der Waals surface area contributed by atoms with Gasteiger partial charge in [-0.1, -0.05) is 53.5 Å². The Kier molecular flexibility index (Phi) is 11.7. The first kappa shape index (κ1) is 43.0. The molecule has 0 spiro atoms. The molecule has 318 valence electrons. The molecule has 2 atom stereocenters. The lowest BCUT2D eigenvalue weighted by atomic mass is 9.95. The molecule has 0 N–H and O–H groups in total. The van der Waals surface area contributed by atoms with Gasteiger partial charge in [-0.2, -0.15) is 31.6 Å². The molecule has 7 rings (SSSR count). The van der Waals surface area contributed by atoms with E-state index in [9.17, 15) is 26.0 Å². The predicted molar refractivity (Wildman–Crippen MR) is 218 cm³/mol. The quantitative estimate of drug-likeness (QED) is 0.0508. The third-order valence-corrected chi connectivity index (χ3v) is 19.9. The molecule has 0 saturated carbocycles. The molecular formula is C42H49F6N5O4SSi. The van der Waals surface area contributed by atoms with Gasteiger partial charge in [-0.05, 0) is 78.9 Å². The average Bonchev–Trinajstić information content (AvgIpc) is 3.69. The van der Waals surface area contributed by atoms with E-state index in [-0.39, 0.29) is 68.5 Å². The SMILES string of the molecule is CC(C)[Si](C#Cc1c(F)ccc2cc(OS(=O)(=O)C(F)(F)F)cc(-c3ncc4c(N5CCCCC5)nc(OC[C@@]56CCCN5C[C@H](F)C6)nc4c3F)c12)(C(C)C)C(C)C. The number of fused-ring (bicyclic) bond motifs is 3. The summed E-state index contributed by atoms with van der Waals surface area (Å²) >= 11 is 0. The van der Waals surface area contributed by atoms with Crippen molar-refractivity contribution in [2.45, 2.75) is 114 Å². The third kappa shape index (κ3) is 7.85. The Bertz CT molecular complexity index is 2410. The van der Waals surface area contributed by atoms with Crippen molar-refractivity contribution >= 4 is 45.7 Å². The molecular weight excluding hydrogens is 813 g/mol. The second kappa shape index (κ2) is 16.0. The minimum absolute atomic E-state index is 0.00314. The maximum Gasteiger partial charge on any atom is 0.534 e. The fourth-order valence-electron chi connectivity index (χ4n) is 9.82. The number of alkyl halides is 4. The molecule has 0 radical (unpaired) electrons. The fraction of sp³-hybridized carbons (Fsp3) is 0.548. The number of ether oxygens (including phenoxy) is 1. The van der Waals surface area contributed by atoms with Crippen LogP contribution in [-0.2, 0) is 10.1 Å². The Labute approximate surface area is 342 Å². The second-order valence-corrected chi connectivity index (χ2v) is 24.2. The first-order chi connectivity index (χ1) is 27.8. The fourth-order valence-corrected chi connectivity index (χ4v) is 15.5. The van der Waals surface area contributed by atoms with Crippen LogP contribution in [0.2, 0.25) is 16.6 Å². The van der Waals surface area contributed by atoms with Gasteiger partial charge in [0.1, 0.15) is 49.4 Å². The monoisotopic (exact) mass is 861 g/mol. The van der Waals surface area contributed by atoms with E-state index in [1.54, 1.807) is 0 Å². The van der Waals surface area contributed by atoms with E-state index in [2.05, 4.69) is 72.1 Å². The van der Waals surface area contributed by atoms with E-state index < -0.39 is 58.5 Å². The lowest BCUT2D eigenvalue weighted by molar-refractivity contribution is -0.0500. The molecule has 2 aromatic carbocycles. The van der Waals surface area contributed by atoms with Gasteiger partial charge in [0.2, 0.25) is 0 Å². The number of nitrogens with zero attached hydrogens (tertiary/aromatic N) is 5. The summed E-state index contributed by atoms with van der Waals surface area (Å²) in [6, 6.07) is 4.09. The molecule has 17 heteroatoms. The van der Waals surface area contributed by atoms with Crippen LogP contribution in [0.4, 0.5) is 32.2 Å². The first-order valence-electron chi connectivity index (χ1n) is 20.2. The minimum atomic E-state index is -6.17. The van der Waals surface area contributed by atoms with Gasteiger partial charge >= 0.3 is 21.6 Å². The normalized spacial score (nSPS) is 20.5. The van der Waals surface area contributed by atoms with Gasteiger partial charge in [0, 0.05) is 43.2 Å². The van der Waals surface area contributed by atoms with Gasteiger partial charge in [-0.25, -0.2) is 13.2 Å². The third-order valence-electron chi connectivity index (χ3n) is 12.6. The van der Waals surface area contributed by atoms with Crippen molar-refractivity contribution in [3.8, 4) is 34.5 Å². The number of aromatic nitrogens is 3. The number of benzene rings is 2. The van der Waals surface area contributed by atoms with E-state index in [1.165, 1.54) is 12.3 Å². The standard InChI is InChI=1S/C42H49F6N5O4SSi/c1-25(2)59(26(3)4,27(5)6)18-13-31-34(44)12-11-28-19-30(57-58(54,55)42(46,47)48)20-32(35(28)31)37-36(45)38-33(22-49-37)39(52-15-8-7-9-16-52)51-40(50-38)56-24-41-14-10-17-53(41)23-29(43)21-41/h11-12,19-20,22,25-27,29H,7-10,14-17,21,23-24H2,1-6H3/t29-,41+/m1/s1. The van der Waals surface area contributed by atoms with Crippen LogP contribution in [0.15, 0.2) is 30.5 Å². The van der Waals surface area contributed by atoms with Crippen molar-refractivity contribution in [2.24, 2.45) is 0 Å². The maximum absolute atomic E-state index is 17.5. The molecule has 3 aliphatic heterocycles. The zero-order valence-electron chi connectivity index (χ0n) is 34.0. The number of piperidine rings is 1. The molecule has 0 bridgehead atoms. The second-order valence-electron chi connectivity index (χ2n) is 17.0. The number of anilines is 1. The summed E-state index contributed by atoms with van der Waals surface area (Å²) in [6.45, 7) is 14.8. The van der Waals surface area contributed by atoms with Crippen LogP contribution < -0.4 is 13.8 Å². The van der Waals surface area contributed by atoms with E-state index in [4.69, 9.17) is 9.72 Å². The summed E-state index contributed by atoms with van der Waals surface area (Å²) in [7, 11) is -8.66. The number of rotatable bonds is 10. The highest BCUT2D eigenvalue weighted by atomic mass is 32.2. The van der Waals surface area contributed by atoms with Gasteiger partial charge in [-0.15, -0.1) is 5.54 Å². The molecule has 2 aromatic heterocycles. The van der Waals surface area contributed by atoms with Crippen molar-refractivity contribution in [1.29, 1.82) is 0 Å². The van der Waals surface area contributed by atoms with Crippen molar-refractivity contribution in [1.82, 2.24) is 19.9 Å². The summed E-state index contributed by atoms with van der Waals surface area (Å²) in [4.78, 5) is 17.7.